The predicted octanol–water partition coefficient (Wildman–Crippen LogP) is 2.65. The van der Waals surface area contributed by atoms with Crippen molar-refractivity contribution in [2.24, 2.45) is 0 Å². The summed E-state index contributed by atoms with van der Waals surface area (Å²) in [6, 6.07) is 4.24. The number of benzene rings is 1. The first-order chi connectivity index (χ1) is 8.78. The monoisotopic (exact) mass is 273 g/mol. The van der Waals surface area contributed by atoms with Gasteiger partial charge in [-0.15, -0.1) is 13.2 Å². The van der Waals surface area contributed by atoms with Gasteiger partial charge >= 0.3 is 12.3 Å². The Labute approximate surface area is 107 Å². The third-order valence-corrected chi connectivity index (χ3v) is 2.38. The van der Waals surface area contributed by atoms with E-state index in [1.807, 2.05) is 0 Å². The number of nitriles is 1. The lowest BCUT2D eigenvalue weighted by atomic mass is 9.99. The largest absolute Gasteiger partial charge is 0.573 e. The first kappa shape index (κ1) is 14.8. The number of aryl methyl sites for hydroxylation is 1. The molecule has 0 amide bonds. The van der Waals surface area contributed by atoms with Crippen LogP contribution in [-0.4, -0.2) is 17.4 Å². The second-order valence-corrected chi connectivity index (χ2v) is 3.67. The summed E-state index contributed by atoms with van der Waals surface area (Å²) in [6.45, 7) is 1.61. The Hall–Kier alpha value is -2.23. The van der Waals surface area contributed by atoms with Crippen molar-refractivity contribution in [3.05, 3.63) is 28.8 Å². The number of rotatable bonds is 4. The summed E-state index contributed by atoms with van der Waals surface area (Å²) in [6.07, 6.45) is -5.24. The minimum Gasteiger partial charge on any atom is -0.481 e. The van der Waals surface area contributed by atoms with Crippen LogP contribution in [0, 0.1) is 11.3 Å². The molecule has 0 atom stereocenters. The smallest absolute Gasteiger partial charge is 0.481 e. The van der Waals surface area contributed by atoms with E-state index in [9.17, 15) is 18.0 Å². The van der Waals surface area contributed by atoms with Crippen LogP contribution in [0.5, 0.6) is 5.75 Å². The fourth-order valence-electron chi connectivity index (χ4n) is 1.61. The zero-order chi connectivity index (χ0) is 14.6. The highest BCUT2D eigenvalue weighted by molar-refractivity contribution is 5.72. The molecule has 1 aromatic rings. The van der Waals surface area contributed by atoms with Crippen LogP contribution in [-0.2, 0) is 17.6 Å². The number of carbonyl (C=O) groups is 1. The van der Waals surface area contributed by atoms with Crippen LogP contribution in [0.1, 0.15) is 23.6 Å². The quantitative estimate of drug-likeness (QED) is 0.915. The van der Waals surface area contributed by atoms with Crippen LogP contribution >= 0.6 is 0 Å². The average molecular weight is 273 g/mol. The van der Waals surface area contributed by atoms with Gasteiger partial charge < -0.3 is 9.84 Å². The molecular weight excluding hydrogens is 263 g/mol. The molecular formula is C12H10F3NO3. The summed E-state index contributed by atoms with van der Waals surface area (Å²) in [5, 5.41) is 17.6. The van der Waals surface area contributed by atoms with E-state index in [4.69, 9.17) is 10.4 Å². The molecule has 0 aliphatic carbocycles. The van der Waals surface area contributed by atoms with Gasteiger partial charge in [-0.2, -0.15) is 5.26 Å². The fourth-order valence-corrected chi connectivity index (χ4v) is 1.61. The molecule has 0 aliphatic rings. The average Bonchev–Trinajstić information content (AvgIpc) is 2.27. The van der Waals surface area contributed by atoms with E-state index in [1.165, 1.54) is 12.1 Å². The molecule has 4 nitrogen and oxygen atoms in total. The third kappa shape index (κ3) is 3.88. The van der Waals surface area contributed by atoms with Crippen molar-refractivity contribution in [2.75, 3.05) is 0 Å². The van der Waals surface area contributed by atoms with E-state index < -0.39 is 24.5 Å². The molecule has 0 heterocycles. The zero-order valence-corrected chi connectivity index (χ0v) is 9.91. The van der Waals surface area contributed by atoms with E-state index in [1.54, 1.807) is 13.0 Å². The molecule has 7 heteroatoms. The number of carboxylic acid groups (broad SMARTS) is 1. The Balaban J connectivity index is 3.38. The normalized spacial score (nSPS) is 10.9. The molecule has 0 unspecified atom stereocenters. The summed E-state index contributed by atoms with van der Waals surface area (Å²) in [4.78, 5) is 10.6. The Morgan fingerprint density at radius 2 is 2.00 bits per heavy atom. The molecule has 0 aromatic heterocycles. The first-order valence-electron chi connectivity index (χ1n) is 5.30. The Morgan fingerprint density at radius 3 is 2.42 bits per heavy atom. The summed E-state index contributed by atoms with van der Waals surface area (Å²) in [5.41, 5.74) is -0.200. The molecule has 0 bridgehead atoms. The van der Waals surface area contributed by atoms with Gasteiger partial charge in [0, 0.05) is 0 Å². The van der Waals surface area contributed by atoms with E-state index in [-0.39, 0.29) is 23.1 Å². The van der Waals surface area contributed by atoms with Gasteiger partial charge in [-0.05, 0) is 17.5 Å². The Bertz CT molecular complexity index is 532. The molecule has 0 spiro atoms. The second-order valence-electron chi connectivity index (χ2n) is 3.67. The molecule has 0 saturated carbocycles. The number of carboxylic acids is 1. The predicted molar refractivity (Wildman–Crippen MR) is 58.6 cm³/mol. The van der Waals surface area contributed by atoms with Crippen molar-refractivity contribution in [2.45, 2.75) is 26.1 Å². The van der Waals surface area contributed by atoms with E-state index >= 15 is 0 Å². The highest BCUT2D eigenvalue weighted by Gasteiger charge is 2.33. The Morgan fingerprint density at radius 1 is 1.42 bits per heavy atom. The van der Waals surface area contributed by atoms with E-state index in [0.717, 1.165) is 0 Å². The molecule has 1 rings (SSSR count). The van der Waals surface area contributed by atoms with Gasteiger partial charge in [0.25, 0.3) is 0 Å². The van der Waals surface area contributed by atoms with Gasteiger partial charge in [0.05, 0.1) is 12.0 Å². The number of halogens is 3. The van der Waals surface area contributed by atoms with Gasteiger partial charge in [-0.3, -0.25) is 4.79 Å². The minimum absolute atomic E-state index is 0.00792. The number of aliphatic carboxylic acids is 1. The van der Waals surface area contributed by atoms with Gasteiger partial charge in [-0.25, -0.2) is 0 Å². The van der Waals surface area contributed by atoms with Gasteiger partial charge in [-0.1, -0.05) is 19.1 Å². The standard InChI is InChI=1S/C12H10F3NO3/c1-2-7-3-4-8(5-10(17)18)9(6-16)11(7)19-12(13,14)15/h3-4H,2,5H2,1H3,(H,17,18). The highest BCUT2D eigenvalue weighted by Crippen LogP contribution is 2.32. The van der Waals surface area contributed by atoms with Gasteiger partial charge in [0.15, 0.2) is 5.75 Å². The highest BCUT2D eigenvalue weighted by atomic mass is 19.4. The number of hydrogen-bond donors (Lipinski definition) is 1. The van der Waals surface area contributed by atoms with Crippen LogP contribution in [0.15, 0.2) is 12.1 Å². The number of ether oxygens (including phenoxy) is 1. The van der Waals surface area contributed by atoms with Crippen molar-refractivity contribution >= 4 is 5.97 Å². The van der Waals surface area contributed by atoms with E-state index in [0.29, 0.717) is 0 Å². The Kier molecular flexibility index (Phi) is 4.38. The van der Waals surface area contributed by atoms with Crippen LogP contribution in [0.25, 0.3) is 0 Å². The number of nitrogens with zero attached hydrogens (tertiary/aromatic N) is 1. The van der Waals surface area contributed by atoms with Gasteiger partial charge in [0.1, 0.15) is 6.07 Å². The second kappa shape index (κ2) is 5.61. The molecule has 0 fully saturated rings. The SMILES string of the molecule is CCc1ccc(CC(=O)O)c(C#N)c1OC(F)(F)F. The van der Waals surface area contributed by atoms with Crippen molar-refractivity contribution in [3.63, 3.8) is 0 Å². The first-order valence-corrected chi connectivity index (χ1v) is 5.30. The van der Waals surface area contributed by atoms with Crippen LogP contribution < -0.4 is 4.74 Å². The van der Waals surface area contributed by atoms with Gasteiger partial charge in [0.2, 0.25) is 0 Å². The zero-order valence-electron chi connectivity index (χ0n) is 9.91. The summed E-state index contributed by atoms with van der Waals surface area (Å²) >= 11 is 0. The molecule has 19 heavy (non-hydrogen) atoms. The van der Waals surface area contributed by atoms with Crippen molar-refractivity contribution < 1.29 is 27.8 Å². The maximum Gasteiger partial charge on any atom is 0.573 e. The lowest BCUT2D eigenvalue weighted by molar-refractivity contribution is -0.275. The maximum absolute atomic E-state index is 12.3. The molecule has 0 saturated heterocycles. The molecule has 0 radical (unpaired) electrons. The number of hydrogen-bond acceptors (Lipinski definition) is 3. The van der Waals surface area contributed by atoms with Crippen LogP contribution in [0.4, 0.5) is 13.2 Å². The third-order valence-electron chi connectivity index (χ3n) is 2.38. The summed E-state index contributed by atoms with van der Waals surface area (Å²) in [5.74, 6) is -1.85. The van der Waals surface area contributed by atoms with Crippen molar-refractivity contribution in [1.82, 2.24) is 0 Å². The topological polar surface area (TPSA) is 70.3 Å². The fraction of sp³-hybridized carbons (Fsp3) is 0.333. The molecule has 102 valence electrons. The molecule has 0 aliphatic heterocycles. The lowest BCUT2D eigenvalue weighted by Gasteiger charge is -2.15. The van der Waals surface area contributed by atoms with Crippen LogP contribution in [0.3, 0.4) is 0 Å². The van der Waals surface area contributed by atoms with E-state index in [2.05, 4.69) is 4.74 Å². The summed E-state index contributed by atoms with van der Waals surface area (Å²) in [7, 11) is 0. The number of alkyl halides is 3. The molecule has 1 aromatic carbocycles. The molecule has 1 N–H and O–H groups in total. The van der Waals surface area contributed by atoms with Crippen LogP contribution in [0.2, 0.25) is 0 Å². The van der Waals surface area contributed by atoms with Crippen molar-refractivity contribution in [1.29, 1.82) is 5.26 Å². The minimum atomic E-state index is -4.93. The summed E-state index contributed by atoms with van der Waals surface area (Å²) < 4.78 is 40.8. The maximum atomic E-state index is 12.3. The lowest BCUT2D eigenvalue weighted by Crippen LogP contribution is -2.19. The van der Waals surface area contributed by atoms with Crippen molar-refractivity contribution in [3.8, 4) is 11.8 Å².